The van der Waals surface area contributed by atoms with Crippen molar-refractivity contribution in [2.24, 2.45) is 0 Å². The molecule has 1 saturated carbocycles. The molecule has 100 valence electrons. The quantitative estimate of drug-likeness (QED) is 0.854. The Morgan fingerprint density at radius 3 is 2.90 bits per heavy atom. The van der Waals surface area contributed by atoms with Gasteiger partial charge in [-0.3, -0.25) is 4.79 Å². The molecule has 0 unspecified atom stereocenters. The van der Waals surface area contributed by atoms with Crippen LogP contribution in [0, 0.1) is 12.3 Å². The largest absolute Gasteiger partial charge is 0.339 e. The van der Waals surface area contributed by atoms with E-state index in [4.69, 9.17) is 6.42 Å². The first-order chi connectivity index (χ1) is 9.67. The topological polar surface area (TPSA) is 34.0 Å². The molecule has 2 aromatic rings. The first kappa shape index (κ1) is 13.0. The van der Waals surface area contributed by atoms with Crippen molar-refractivity contribution < 1.29 is 4.79 Å². The summed E-state index contributed by atoms with van der Waals surface area (Å²) < 4.78 is 2.96. The number of hydrogen-bond acceptors (Lipinski definition) is 1. The fourth-order valence-electron chi connectivity index (χ4n) is 2.16. The second-order valence-corrected chi connectivity index (χ2v) is 5.78. The second-order valence-electron chi connectivity index (χ2n) is 4.86. The molecule has 3 rings (SSSR count). The van der Waals surface area contributed by atoms with E-state index in [-0.39, 0.29) is 5.91 Å². The molecule has 0 radical (unpaired) electrons. The Morgan fingerprint density at radius 2 is 2.20 bits per heavy atom. The van der Waals surface area contributed by atoms with E-state index < -0.39 is 0 Å². The lowest BCUT2D eigenvalue weighted by molar-refractivity contribution is 0.101. The van der Waals surface area contributed by atoms with Crippen molar-refractivity contribution in [3.63, 3.8) is 0 Å². The number of rotatable bonds is 3. The lowest BCUT2D eigenvalue weighted by Crippen LogP contribution is -2.16. The van der Waals surface area contributed by atoms with Gasteiger partial charge in [0.25, 0.3) is 5.91 Å². The van der Waals surface area contributed by atoms with Gasteiger partial charge in [-0.25, -0.2) is 0 Å². The van der Waals surface area contributed by atoms with Gasteiger partial charge >= 0.3 is 0 Å². The van der Waals surface area contributed by atoms with Crippen molar-refractivity contribution in [2.45, 2.75) is 18.9 Å². The highest BCUT2D eigenvalue weighted by Gasteiger charge is 2.27. The highest BCUT2D eigenvalue weighted by molar-refractivity contribution is 9.10. The van der Waals surface area contributed by atoms with E-state index >= 15 is 0 Å². The Kier molecular flexibility index (Phi) is 3.37. The van der Waals surface area contributed by atoms with Crippen LogP contribution in [0.2, 0.25) is 0 Å². The molecular weight excluding hydrogens is 316 g/mol. The molecule has 1 aromatic heterocycles. The number of nitrogens with one attached hydrogen (secondary N) is 1. The molecule has 1 aliphatic rings. The van der Waals surface area contributed by atoms with E-state index in [0.717, 1.165) is 22.9 Å². The van der Waals surface area contributed by atoms with E-state index in [9.17, 15) is 4.79 Å². The second kappa shape index (κ2) is 5.18. The van der Waals surface area contributed by atoms with E-state index in [1.807, 2.05) is 35.0 Å². The Labute approximate surface area is 126 Å². The average Bonchev–Trinajstić information content (AvgIpc) is 3.21. The molecule has 0 bridgehead atoms. The zero-order valence-corrected chi connectivity index (χ0v) is 12.4. The van der Waals surface area contributed by atoms with E-state index in [0.29, 0.717) is 17.4 Å². The summed E-state index contributed by atoms with van der Waals surface area (Å²) in [7, 11) is 0. The fourth-order valence-corrected chi connectivity index (χ4v) is 2.60. The van der Waals surface area contributed by atoms with Gasteiger partial charge in [-0.05, 0) is 53.0 Å². The first-order valence-corrected chi connectivity index (χ1v) is 7.22. The van der Waals surface area contributed by atoms with Crippen molar-refractivity contribution in [2.75, 3.05) is 5.32 Å². The molecule has 1 aliphatic carbocycles. The lowest BCUT2D eigenvalue weighted by Gasteiger charge is -2.08. The third kappa shape index (κ3) is 2.63. The molecule has 4 heteroatoms. The van der Waals surface area contributed by atoms with Crippen LogP contribution in [0.4, 0.5) is 5.69 Å². The molecule has 0 spiro atoms. The van der Waals surface area contributed by atoms with Crippen LogP contribution in [0.25, 0.3) is 0 Å². The summed E-state index contributed by atoms with van der Waals surface area (Å²) in [6.07, 6.45) is 9.59. The van der Waals surface area contributed by atoms with Crippen LogP contribution < -0.4 is 5.32 Å². The normalized spacial score (nSPS) is 13.8. The molecule has 0 atom stereocenters. The third-order valence-corrected chi connectivity index (χ3v) is 3.71. The molecule has 1 aromatic carbocycles. The van der Waals surface area contributed by atoms with E-state index in [2.05, 4.69) is 27.2 Å². The fraction of sp³-hybridized carbons (Fsp3) is 0.188. The molecular formula is C16H13BrN2O. The summed E-state index contributed by atoms with van der Waals surface area (Å²) in [6.45, 7) is 0. The monoisotopic (exact) mass is 328 g/mol. The lowest BCUT2D eigenvalue weighted by atomic mass is 10.2. The number of terminal acetylenes is 1. The number of nitrogens with zero attached hydrogens (tertiary/aromatic N) is 1. The van der Waals surface area contributed by atoms with Crippen molar-refractivity contribution in [1.82, 2.24) is 4.57 Å². The molecule has 20 heavy (non-hydrogen) atoms. The summed E-state index contributed by atoms with van der Waals surface area (Å²) in [5.74, 6) is 2.45. The zero-order valence-electron chi connectivity index (χ0n) is 10.8. The standard InChI is InChI=1S/C16H13BrN2O/c1-2-11-4-3-5-13(8-11)18-16(20)15-9-12(17)10-19(15)14-6-7-14/h1,3-5,8-10,14H,6-7H2,(H,18,20). The predicted octanol–water partition coefficient (Wildman–Crippen LogP) is 3.82. The number of carbonyl (C=O) groups is 1. The highest BCUT2D eigenvalue weighted by Crippen LogP contribution is 2.37. The van der Waals surface area contributed by atoms with Crippen molar-refractivity contribution in [1.29, 1.82) is 0 Å². The molecule has 3 nitrogen and oxygen atoms in total. The van der Waals surface area contributed by atoms with Gasteiger partial charge in [0.2, 0.25) is 0 Å². The summed E-state index contributed by atoms with van der Waals surface area (Å²) in [6, 6.07) is 9.59. The molecule has 1 fully saturated rings. The minimum atomic E-state index is -0.114. The van der Waals surface area contributed by atoms with Gasteiger partial charge < -0.3 is 9.88 Å². The molecule has 0 aliphatic heterocycles. The number of aromatic nitrogens is 1. The number of halogens is 1. The van der Waals surface area contributed by atoms with Crippen molar-refractivity contribution >= 4 is 27.5 Å². The number of benzene rings is 1. The van der Waals surface area contributed by atoms with Gasteiger partial charge in [-0.2, -0.15) is 0 Å². The molecule has 0 saturated heterocycles. The van der Waals surface area contributed by atoms with Crippen molar-refractivity contribution in [3.8, 4) is 12.3 Å². The van der Waals surface area contributed by atoms with Gasteiger partial charge in [0.15, 0.2) is 0 Å². The van der Waals surface area contributed by atoms with Gasteiger partial charge in [-0.1, -0.05) is 12.0 Å². The van der Waals surface area contributed by atoms with Crippen LogP contribution in [0.15, 0.2) is 41.0 Å². The smallest absolute Gasteiger partial charge is 0.272 e. The first-order valence-electron chi connectivity index (χ1n) is 6.43. The minimum Gasteiger partial charge on any atom is -0.339 e. The Hall–Kier alpha value is -1.99. The van der Waals surface area contributed by atoms with Gasteiger partial charge in [0, 0.05) is 28.0 Å². The maximum Gasteiger partial charge on any atom is 0.272 e. The van der Waals surface area contributed by atoms with Gasteiger partial charge in [0.05, 0.1) is 0 Å². The highest BCUT2D eigenvalue weighted by atomic mass is 79.9. The number of hydrogen-bond donors (Lipinski definition) is 1. The summed E-state index contributed by atoms with van der Waals surface area (Å²) in [5, 5.41) is 2.89. The van der Waals surface area contributed by atoms with E-state index in [1.165, 1.54) is 0 Å². The molecule has 1 N–H and O–H groups in total. The van der Waals surface area contributed by atoms with Crippen LogP contribution >= 0.6 is 15.9 Å². The number of carbonyl (C=O) groups excluding carboxylic acids is 1. The van der Waals surface area contributed by atoms with E-state index in [1.54, 1.807) is 6.07 Å². The van der Waals surface area contributed by atoms with Gasteiger partial charge in [0.1, 0.15) is 5.69 Å². The SMILES string of the molecule is C#Cc1cccc(NC(=O)c2cc(Br)cn2C2CC2)c1. The van der Waals surface area contributed by atoms with Crippen LogP contribution in [0.3, 0.4) is 0 Å². The third-order valence-electron chi connectivity index (χ3n) is 3.28. The van der Waals surface area contributed by atoms with Crippen LogP contribution in [0.5, 0.6) is 0 Å². The maximum absolute atomic E-state index is 12.4. The number of amides is 1. The Bertz CT molecular complexity index is 708. The molecule has 1 amide bonds. The van der Waals surface area contributed by atoms with Crippen LogP contribution in [-0.4, -0.2) is 10.5 Å². The minimum absolute atomic E-state index is 0.114. The Morgan fingerprint density at radius 1 is 1.40 bits per heavy atom. The summed E-state index contributed by atoms with van der Waals surface area (Å²) in [4.78, 5) is 12.4. The summed E-state index contributed by atoms with van der Waals surface area (Å²) in [5.41, 5.74) is 2.14. The van der Waals surface area contributed by atoms with Crippen LogP contribution in [-0.2, 0) is 0 Å². The Balaban J connectivity index is 1.84. The van der Waals surface area contributed by atoms with Crippen LogP contribution in [0.1, 0.15) is 34.9 Å². The van der Waals surface area contributed by atoms with Crippen molar-refractivity contribution in [3.05, 3.63) is 52.3 Å². The summed E-state index contributed by atoms with van der Waals surface area (Å²) >= 11 is 3.43. The average molecular weight is 329 g/mol. The van der Waals surface area contributed by atoms with Gasteiger partial charge in [-0.15, -0.1) is 6.42 Å². The number of anilines is 1. The maximum atomic E-state index is 12.4. The predicted molar refractivity (Wildman–Crippen MR) is 82.7 cm³/mol. The zero-order chi connectivity index (χ0) is 14.1. The molecule has 1 heterocycles.